The molecule has 0 saturated heterocycles. The van der Waals surface area contributed by atoms with Gasteiger partial charge in [-0.1, -0.05) is 6.92 Å². The lowest BCUT2D eigenvalue weighted by molar-refractivity contribution is -0.119. The molecule has 2 rings (SSSR count). The molecule has 0 aliphatic rings. The Morgan fingerprint density at radius 3 is 2.60 bits per heavy atom. The number of carbonyl (C=O) groups is 1. The summed E-state index contributed by atoms with van der Waals surface area (Å²) in [6.45, 7) is 7.73. The van der Waals surface area contributed by atoms with E-state index in [9.17, 15) is 4.79 Å². The normalized spacial score (nSPS) is 14.5. The van der Waals surface area contributed by atoms with Gasteiger partial charge in [-0.2, -0.15) is 5.10 Å². The number of amides is 1. The van der Waals surface area contributed by atoms with Crippen molar-refractivity contribution in [1.82, 2.24) is 14.8 Å². The minimum atomic E-state index is -0.246. The van der Waals surface area contributed by atoms with Crippen LogP contribution in [0.4, 0.5) is 5.69 Å². The zero-order valence-corrected chi connectivity index (χ0v) is 12.3. The minimum absolute atomic E-state index is 0.0996. The number of anilines is 1. The fourth-order valence-corrected chi connectivity index (χ4v) is 1.88. The van der Waals surface area contributed by atoms with Crippen LogP contribution >= 0.6 is 0 Å². The lowest BCUT2D eigenvalue weighted by Gasteiger charge is -2.15. The molecule has 20 heavy (non-hydrogen) atoms. The Morgan fingerprint density at radius 1 is 1.30 bits per heavy atom. The van der Waals surface area contributed by atoms with E-state index < -0.39 is 0 Å². The second kappa shape index (κ2) is 5.58. The van der Waals surface area contributed by atoms with Gasteiger partial charge in [0.2, 0.25) is 5.91 Å². The Balaban J connectivity index is 2.23. The van der Waals surface area contributed by atoms with Gasteiger partial charge in [0, 0.05) is 17.5 Å². The molecule has 1 amide bonds. The fraction of sp³-hybridized carbons (Fsp3) is 0.500. The summed E-state index contributed by atoms with van der Waals surface area (Å²) in [4.78, 5) is 16.3. The van der Waals surface area contributed by atoms with E-state index in [-0.39, 0.29) is 23.9 Å². The summed E-state index contributed by atoms with van der Waals surface area (Å²) in [6.07, 6.45) is 3.40. The quantitative estimate of drug-likeness (QED) is 0.892. The van der Waals surface area contributed by atoms with Gasteiger partial charge >= 0.3 is 0 Å². The molecule has 0 aliphatic carbocycles. The van der Waals surface area contributed by atoms with E-state index in [4.69, 9.17) is 5.73 Å². The molecule has 0 saturated carbocycles. The monoisotopic (exact) mass is 275 g/mol. The minimum Gasteiger partial charge on any atom is -0.327 e. The van der Waals surface area contributed by atoms with Crippen LogP contribution in [0, 0.1) is 5.92 Å². The van der Waals surface area contributed by atoms with E-state index in [0.717, 1.165) is 11.0 Å². The topological polar surface area (TPSA) is 85.8 Å². The SMILES string of the molecule is CC(N)C(C)C(=O)Nc1cnc2c(cnn2C(C)C)c1. The molecular weight excluding hydrogens is 254 g/mol. The molecular formula is C14H21N5O. The first-order valence-corrected chi connectivity index (χ1v) is 6.80. The van der Waals surface area contributed by atoms with Crippen molar-refractivity contribution in [3.05, 3.63) is 18.5 Å². The number of nitrogens with one attached hydrogen (secondary N) is 1. The van der Waals surface area contributed by atoms with Crippen molar-refractivity contribution < 1.29 is 4.79 Å². The second-order valence-corrected chi connectivity index (χ2v) is 5.46. The number of nitrogens with two attached hydrogens (primary N) is 1. The summed E-state index contributed by atoms with van der Waals surface area (Å²) < 4.78 is 1.85. The van der Waals surface area contributed by atoms with Crippen LogP contribution in [-0.2, 0) is 4.79 Å². The summed E-state index contributed by atoms with van der Waals surface area (Å²) >= 11 is 0. The average molecular weight is 275 g/mol. The molecule has 6 nitrogen and oxygen atoms in total. The van der Waals surface area contributed by atoms with Crippen molar-refractivity contribution in [2.45, 2.75) is 39.8 Å². The lowest BCUT2D eigenvalue weighted by Crippen LogP contribution is -2.34. The Bertz CT molecular complexity index is 617. The highest BCUT2D eigenvalue weighted by atomic mass is 16.1. The van der Waals surface area contributed by atoms with Crippen LogP contribution in [0.15, 0.2) is 18.5 Å². The van der Waals surface area contributed by atoms with Crippen molar-refractivity contribution >= 4 is 22.6 Å². The zero-order chi connectivity index (χ0) is 14.9. The molecule has 0 aromatic carbocycles. The number of hydrogen-bond donors (Lipinski definition) is 2. The van der Waals surface area contributed by atoms with E-state index in [2.05, 4.69) is 15.4 Å². The summed E-state index contributed by atoms with van der Waals surface area (Å²) in [7, 11) is 0. The number of rotatable bonds is 4. The van der Waals surface area contributed by atoms with Gasteiger partial charge in [-0.25, -0.2) is 9.67 Å². The standard InChI is InChI=1S/C14H21N5O/c1-8(2)19-13-11(6-17-19)5-12(7-16-13)18-14(20)9(3)10(4)15/h5-10H,15H2,1-4H3,(H,18,20). The summed E-state index contributed by atoms with van der Waals surface area (Å²) in [5.41, 5.74) is 7.21. The van der Waals surface area contributed by atoms with Crippen LogP contribution in [0.5, 0.6) is 0 Å². The molecule has 2 aromatic rings. The third kappa shape index (κ3) is 2.80. The van der Waals surface area contributed by atoms with E-state index in [1.54, 1.807) is 12.4 Å². The molecule has 0 radical (unpaired) electrons. The molecule has 0 bridgehead atoms. The van der Waals surface area contributed by atoms with Crippen LogP contribution in [0.2, 0.25) is 0 Å². The third-order valence-electron chi connectivity index (χ3n) is 3.39. The molecule has 3 N–H and O–H groups in total. The van der Waals surface area contributed by atoms with E-state index >= 15 is 0 Å². The van der Waals surface area contributed by atoms with Crippen molar-refractivity contribution in [1.29, 1.82) is 0 Å². The second-order valence-electron chi connectivity index (χ2n) is 5.46. The molecule has 2 aromatic heterocycles. The largest absolute Gasteiger partial charge is 0.327 e. The Labute approximate surface area is 118 Å². The molecule has 2 heterocycles. The smallest absolute Gasteiger partial charge is 0.228 e. The zero-order valence-electron chi connectivity index (χ0n) is 12.3. The molecule has 0 spiro atoms. The van der Waals surface area contributed by atoms with Gasteiger partial charge in [-0.15, -0.1) is 0 Å². The summed E-state index contributed by atoms with van der Waals surface area (Å²) in [5.74, 6) is -0.346. The summed E-state index contributed by atoms with van der Waals surface area (Å²) in [5, 5.41) is 8.04. The van der Waals surface area contributed by atoms with E-state index in [1.807, 2.05) is 38.4 Å². The molecule has 6 heteroatoms. The van der Waals surface area contributed by atoms with Gasteiger partial charge < -0.3 is 11.1 Å². The van der Waals surface area contributed by atoms with Crippen LogP contribution in [0.3, 0.4) is 0 Å². The number of nitrogens with zero attached hydrogens (tertiary/aromatic N) is 3. The van der Waals surface area contributed by atoms with Gasteiger partial charge in [0.25, 0.3) is 0 Å². The number of aromatic nitrogens is 3. The van der Waals surface area contributed by atoms with Gasteiger partial charge in [0.1, 0.15) is 0 Å². The van der Waals surface area contributed by atoms with Gasteiger partial charge in [-0.3, -0.25) is 4.79 Å². The molecule has 0 aliphatic heterocycles. The van der Waals surface area contributed by atoms with Gasteiger partial charge in [0.15, 0.2) is 5.65 Å². The number of carbonyl (C=O) groups excluding carboxylic acids is 1. The maximum Gasteiger partial charge on any atom is 0.228 e. The molecule has 0 fully saturated rings. The molecule has 2 unspecified atom stereocenters. The highest BCUT2D eigenvalue weighted by Gasteiger charge is 2.17. The predicted octanol–water partition coefficient (Wildman–Crippen LogP) is 1.93. The first-order chi connectivity index (χ1) is 9.40. The Morgan fingerprint density at radius 2 is 2.00 bits per heavy atom. The van der Waals surface area contributed by atoms with Crippen LogP contribution < -0.4 is 11.1 Å². The first-order valence-electron chi connectivity index (χ1n) is 6.80. The van der Waals surface area contributed by atoms with Crippen molar-refractivity contribution in [2.75, 3.05) is 5.32 Å². The van der Waals surface area contributed by atoms with E-state index in [1.165, 1.54) is 0 Å². The average Bonchev–Trinajstić information content (AvgIpc) is 2.80. The highest BCUT2D eigenvalue weighted by molar-refractivity contribution is 5.94. The number of pyridine rings is 1. The van der Waals surface area contributed by atoms with E-state index in [0.29, 0.717) is 5.69 Å². The third-order valence-corrected chi connectivity index (χ3v) is 3.39. The van der Waals surface area contributed by atoms with Gasteiger partial charge in [0.05, 0.1) is 24.0 Å². The van der Waals surface area contributed by atoms with Gasteiger partial charge in [-0.05, 0) is 26.8 Å². The molecule has 108 valence electrons. The van der Waals surface area contributed by atoms with Crippen molar-refractivity contribution in [3.8, 4) is 0 Å². The number of hydrogen-bond acceptors (Lipinski definition) is 4. The number of fused-ring (bicyclic) bond motifs is 1. The van der Waals surface area contributed by atoms with Crippen molar-refractivity contribution in [3.63, 3.8) is 0 Å². The van der Waals surface area contributed by atoms with Crippen LogP contribution in [0.25, 0.3) is 11.0 Å². The lowest BCUT2D eigenvalue weighted by atomic mass is 10.0. The van der Waals surface area contributed by atoms with Crippen LogP contribution in [-0.4, -0.2) is 26.7 Å². The van der Waals surface area contributed by atoms with Crippen LogP contribution in [0.1, 0.15) is 33.7 Å². The highest BCUT2D eigenvalue weighted by Crippen LogP contribution is 2.19. The van der Waals surface area contributed by atoms with Crippen molar-refractivity contribution in [2.24, 2.45) is 11.7 Å². The molecule has 2 atom stereocenters. The first kappa shape index (κ1) is 14.5. The summed E-state index contributed by atoms with van der Waals surface area (Å²) in [6, 6.07) is 1.94. The fourth-order valence-electron chi connectivity index (χ4n) is 1.88. The Kier molecular flexibility index (Phi) is 4.04. The predicted molar refractivity (Wildman–Crippen MR) is 79.4 cm³/mol. The maximum absolute atomic E-state index is 12.0. The maximum atomic E-state index is 12.0. The Hall–Kier alpha value is -1.95.